The summed E-state index contributed by atoms with van der Waals surface area (Å²) in [6.07, 6.45) is 0. The average molecular weight is 393 g/mol. The second-order valence-electron chi connectivity index (χ2n) is 6.90. The highest BCUT2D eigenvalue weighted by Gasteiger charge is 2.18. The molecule has 5 heteroatoms. The number of benzene rings is 3. The molecule has 0 radical (unpaired) electrons. The van der Waals surface area contributed by atoms with Crippen LogP contribution in [-0.4, -0.2) is 14.1 Å². The van der Waals surface area contributed by atoms with Crippen molar-refractivity contribution in [3.63, 3.8) is 0 Å². The molecule has 0 aromatic heterocycles. The average Bonchev–Trinajstić information content (AvgIpc) is 2.70. The van der Waals surface area contributed by atoms with E-state index in [1.54, 1.807) is 24.3 Å². The molecule has 0 heterocycles. The number of hydrazone groups is 1. The van der Waals surface area contributed by atoms with Crippen LogP contribution in [0.4, 0.5) is 0 Å². The molecule has 144 valence electrons. The number of sulfonamides is 1. The van der Waals surface area contributed by atoms with E-state index in [2.05, 4.69) is 9.93 Å². The standard InChI is InChI=1S/C23H24N2O2S/c1-17-9-13-21(14-10-17)23(19(3)20-7-5-4-6-8-20)24-25-28(26,27)22-15-11-18(2)12-16-22/h4-16,19,25H,1-3H3/b24-23+/t19-/m1/s1. The summed E-state index contributed by atoms with van der Waals surface area (Å²) < 4.78 is 25.3. The second-order valence-corrected chi connectivity index (χ2v) is 8.56. The first kappa shape index (κ1) is 19.8. The molecule has 0 saturated heterocycles. The van der Waals surface area contributed by atoms with Crippen LogP contribution in [-0.2, 0) is 10.0 Å². The van der Waals surface area contributed by atoms with E-state index in [9.17, 15) is 8.42 Å². The third kappa shape index (κ3) is 4.67. The molecule has 0 bridgehead atoms. The SMILES string of the molecule is Cc1ccc(/C(=N/NS(=O)(=O)c2ccc(C)cc2)[C@H](C)c2ccccc2)cc1. The fourth-order valence-electron chi connectivity index (χ4n) is 2.91. The molecule has 28 heavy (non-hydrogen) atoms. The van der Waals surface area contributed by atoms with Crippen LogP contribution < -0.4 is 4.83 Å². The van der Waals surface area contributed by atoms with Crippen molar-refractivity contribution in [2.45, 2.75) is 31.6 Å². The third-order valence-electron chi connectivity index (χ3n) is 4.67. The van der Waals surface area contributed by atoms with Crippen LogP contribution in [0.3, 0.4) is 0 Å². The minimum Gasteiger partial charge on any atom is -0.200 e. The Morgan fingerprint density at radius 1 is 0.821 bits per heavy atom. The van der Waals surface area contributed by atoms with Gasteiger partial charge < -0.3 is 0 Å². The van der Waals surface area contributed by atoms with Crippen molar-refractivity contribution in [2.75, 3.05) is 0 Å². The lowest BCUT2D eigenvalue weighted by Crippen LogP contribution is -2.23. The first-order valence-electron chi connectivity index (χ1n) is 9.15. The van der Waals surface area contributed by atoms with Gasteiger partial charge in [0, 0.05) is 5.92 Å². The summed E-state index contributed by atoms with van der Waals surface area (Å²) in [5.74, 6) is -0.0791. The van der Waals surface area contributed by atoms with Crippen molar-refractivity contribution in [2.24, 2.45) is 5.10 Å². The highest BCUT2D eigenvalue weighted by molar-refractivity contribution is 7.89. The van der Waals surface area contributed by atoms with Crippen molar-refractivity contribution in [1.82, 2.24) is 4.83 Å². The van der Waals surface area contributed by atoms with Crippen LogP contribution >= 0.6 is 0 Å². The summed E-state index contributed by atoms with van der Waals surface area (Å²) in [4.78, 5) is 2.61. The van der Waals surface area contributed by atoms with Crippen molar-refractivity contribution in [3.05, 3.63) is 101 Å². The van der Waals surface area contributed by atoms with Gasteiger partial charge in [-0.15, -0.1) is 0 Å². The van der Waals surface area contributed by atoms with Gasteiger partial charge in [0.05, 0.1) is 10.6 Å². The van der Waals surface area contributed by atoms with E-state index in [0.717, 1.165) is 22.3 Å². The Bertz CT molecular complexity index is 1060. The fraction of sp³-hybridized carbons (Fsp3) is 0.174. The van der Waals surface area contributed by atoms with Crippen LogP contribution in [0, 0.1) is 13.8 Å². The highest BCUT2D eigenvalue weighted by Crippen LogP contribution is 2.22. The summed E-state index contributed by atoms with van der Waals surface area (Å²) >= 11 is 0. The van der Waals surface area contributed by atoms with Crippen molar-refractivity contribution >= 4 is 15.7 Å². The Morgan fingerprint density at radius 3 is 1.93 bits per heavy atom. The maximum atomic E-state index is 12.7. The molecule has 0 saturated carbocycles. The lowest BCUT2D eigenvalue weighted by atomic mass is 9.91. The Hall–Kier alpha value is -2.92. The summed E-state index contributed by atoms with van der Waals surface area (Å²) in [6.45, 7) is 5.95. The summed E-state index contributed by atoms with van der Waals surface area (Å²) in [5.41, 5.74) is 4.75. The number of hydrogen-bond donors (Lipinski definition) is 1. The zero-order valence-electron chi connectivity index (χ0n) is 16.3. The highest BCUT2D eigenvalue weighted by atomic mass is 32.2. The Balaban J connectivity index is 1.98. The maximum absolute atomic E-state index is 12.7. The fourth-order valence-corrected chi connectivity index (χ4v) is 3.73. The number of nitrogens with one attached hydrogen (secondary N) is 1. The van der Waals surface area contributed by atoms with Crippen LogP contribution in [0.25, 0.3) is 0 Å². The first-order chi connectivity index (χ1) is 13.4. The predicted octanol–water partition coefficient (Wildman–Crippen LogP) is 4.79. The predicted molar refractivity (Wildman–Crippen MR) is 114 cm³/mol. The summed E-state index contributed by atoms with van der Waals surface area (Å²) in [6, 6.07) is 24.6. The molecule has 3 rings (SSSR count). The minimum absolute atomic E-state index is 0.0791. The molecular weight excluding hydrogens is 368 g/mol. The number of aryl methyl sites for hydroxylation is 2. The van der Waals surface area contributed by atoms with Crippen LogP contribution in [0.15, 0.2) is 88.9 Å². The van der Waals surface area contributed by atoms with Gasteiger partial charge in [0.2, 0.25) is 0 Å². The molecule has 1 N–H and O–H groups in total. The van der Waals surface area contributed by atoms with Crippen molar-refractivity contribution in [3.8, 4) is 0 Å². The van der Waals surface area contributed by atoms with Gasteiger partial charge in [0.1, 0.15) is 0 Å². The van der Waals surface area contributed by atoms with E-state index in [1.807, 2.05) is 75.4 Å². The zero-order valence-corrected chi connectivity index (χ0v) is 17.1. The molecule has 0 aliphatic carbocycles. The molecule has 1 atom stereocenters. The molecule has 0 fully saturated rings. The van der Waals surface area contributed by atoms with Crippen LogP contribution in [0.1, 0.15) is 35.1 Å². The van der Waals surface area contributed by atoms with Gasteiger partial charge >= 0.3 is 0 Å². The molecule has 0 aliphatic rings. The molecule has 4 nitrogen and oxygen atoms in total. The summed E-state index contributed by atoms with van der Waals surface area (Å²) in [5, 5.41) is 4.35. The van der Waals surface area contributed by atoms with Gasteiger partial charge in [0.25, 0.3) is 10.0 Å². The van der Waals surface area contributed by atoms with Gasteiger partial charge in [-0.1, -0.05) is 84.8 Å². The molecular formula is C23H24N2O2S. The van der Waals surface area contributed by atoms with Gasteiger partial charge in [-0.05, 0) is 37.1 Å². The zero-order chi connectivity index (χ0) is 20.1. The number of hydrogen-bond acceptors (Lipinski definition) is 3. The molecule has 0 spiro atoms. The molecule has 0 unspecified atom stereocenters. The van der Waals surface area contributed by atoms with E-state index in [0.29, 0.717) is 5.71 Å². The number of rotatable bonds is 6. The van der Waals surface area contributed by atoms with E-state index >= 15 is 0 Å². The monoisotopic (exact) mass is 392 g/mol. The van der Waals surface area contributed by atoms with Crippen molar-refractivity contribution in [1.29, 1.82) is 0 Å². The topological polar surface area (TPSA) is 58.5 Å². The lowest BCUT2D eigenvalue weighted by molar-refractivity contribution is 0.584. The third-order valence-corrected chi connectivity index (χ3v) is 5.90. The quantitative estimate of drug-likeness (QED) is 0.484. The lowest BCUT2D eigenvalue weighted by Gasteiger charge is -2.16. The molecule has 3 aromatic carbocycles. The largest absolute Gasteiger partial charge is 0.276 e. The van der Waals surface area contributed by atoms with Crippen LogP contribution in [0.5, 0.6) is 0 Å². The molecule has 0 amide bonds. The summed E-state index contributed by atoms with van der Waals surface area (Å²) in [7, 11) is -3.74. The maximum Gasteiger partial charge on any atom is 0.276 e. The van der Waals surface area contributed by atoms with E-state index in [-0.39, 0.29) is 10.8 Å². The van der Waals surface area contributed by atoms with E-state index < -0.39 is 10.0 Å². The minimum atomic E-state index is -3.74. The van der Waals surface area contributed by atoms with Crippen LogP contribution in [0.2, 0.25) is 0 Å². The Morgan fingerprint density at radius 2 is 1.36 bits per heavy atom. The van der Waals surface area contributed by atoms with E-state index in [1.165, 1.54) is 0 Å². The molecule has 3 aromatic rings. The first-order valence-corrected chi connectivity index (χ1v) is 10.6. The Labute approximate surface area is 167 Å². The van der Waals surface area contributed by atoms with Gasteiger partial charge in [-0.25, -0.2) is 0 Å². The van der Waals surface area contributed by atoms with Gasteiger partial charge in [0.15, 0.2) is 0 Å². The molecule has 0 aliphatic heterocycles. The smallest absolute Gasteiger partial charge is 0.200 e. The number of nitrogens with zero attached hydrogens (tertiary/aromatic N) is 1. The van der Waals surface area contributed by atoms with E-state index in [4.69, 9.17) is 0 Å². The Kier molecular flexibility index (Phi) is 5.95. The van der Waals surface area contributed by atoms with Crippen molar-refractivity contribution < 1.29 is 8.42 Å². The van der Waals surface area contributed by atoms with Gasteiger partial charge in [-0.2, -0.15) is 18.4 Å². The second kappa shape index (κ2) is 8.40. The normalized spacial score (nSPS) is 13.2. The van der Waals surface area contributed by atoms with Gasteiger partial charge in [-0.3, -0.25) is 0 Å².